The molecule has 0 aliphatic carbocycles. The monoisotopic (exact) mass is 515 g/mol. The average molecular weight is 516 g/mol. The summed E-state index contributed by atoms with van der Waals surface area (Å²) in [6.07, 6.45) is 13.3. The molecule has 8 heteroatoms. The summed E-state index contributed by atoms with van der Waals surface area (Å²) >= 11 is 0. The van der Waals surface area contributed by atoms with Crippen molar-refractivity contribution in [1.82, 2.24) is 30.3 Å². The van der Waals surface area contributed by atoms with E-state index >= 15 is 0 Å². The molecule has 3 aromatic heterocycles. The normalized spacial score (nSPS) is 15.6. The lowest BCUT2D eigenvalue weighted by molar-refractivity contribution is 0.0972. The number of carbonyl (C=O) groups excluding carboxylic acids is 1. The van der Waals surface area contributed by atoms with Crippen LogP contribution in [0.5, 0.6) is 0 Å². The SMILES string of the molecule is Cn1cc(-c2ccc(C(=O)N(c3nccc4cccc(/C=C/c5cccnc5)c34)[C@@H]3CCCNC3)cc2)nn1. The highest BCUT2D eigenvalue weighted by atomic mass is 16.2. The number of amides is 1. The quantitative estimate of drug-likeness (QED) is 0.343. The van der Waals surface area contributed by atoms with Crippen LogP contribution in [-0.4, -0.2) is 50.0 Å². The van der Waals surface area contributed by atoms with E-state index in [1.54, 1.807) is 17.1 Å². The van der Waals surface area contributed by atoms with Crippen molar-refractivity contribution in [3.05, 3.63) is 102 Å². The summed E-state index contributed by atoms with van der Waals surface area (Å²) in [7, 11) is 1.84. The van der Waals surface area contributed by atoms with Crippen LogP contribution in [0.15, 0.2) is 85.5 Å². The predicted molar refractivity (Wildman–Crippen MR) is 154 cm³/mol. The molecule has 1 N–H and O–H groups in total. The van der Waals surface area contributed by atoms with E-state index < -0.39 is 0 Å². The summed E-state index contributed by atoms with van der Waals surface area (Å²) in [5.74, 6) is 0.607. The first-order chi connectivity index (χ1) is 19.2. The second-order valence-corrected chi connectivity index (χ2v) is 9.73. The van der Waals surface area contributed by atoms with Crippen molar-refractivity contribution < 1.29 is 4.79 Å². The summed E-state index contributed by atoms with van der Waals surface area (Å²) in [6.45, 7) is 1.67. The molecule has 1 saturated heterocycles. The molecule has 4 heterocycles. The molecule has 1 amide bonds. The van der Waals surface area contributed by atoms with Gasteiger partial charge in [-0.2, -0.15) is 0 Å². The third-order valence-electron chi connectivity index (χ3n) is 7.06. The van der Waals surface area contributed by atoms with Crippen LogP contribution in [0.2, 0.25) is 0 Å². The van der Waals surface area contributed by atoms with E-state index in [2.05, 4.69) is 38.8 Å². The van der Waals surface area contributed by atoms with E-state index in [4.69, 9.17) is 4.98 Å². The molecule has 1 aliphatic heterocycles. The fourth-order valence-corrected chi connectivity index (χ4v) is 5.11. The van der Waals surface area contributed by atoms with E-state index in [9.17, 15) is 4.79 Å². The second-order valence-electron chi connectivity index (χ2n) is 9.73. The van der Waals surface area contributed by atoms with Crippen molar-refractivity contribution in [2.24, 2.45) is 7.05 Å². The lowest BCUT2D eigenvalue weighted by atomic mass is 10.00. The average Bonchev–Trinajstić information content (AvgIpc) is 3.43. The Balaban J connectivity index is 1.43. The maximum atomic E-state index is 14.2. The van der Waals surface area contributed by atoms with E-state index in [1.165, 1.54) is 0 Å². The lowest BCUT2D eigenvalue weighted by Gasteiger charge is -2.35. The molecule has 39 heavy (non-hydrogen) atoms. The van der Waals surface area contributed by atoms with Gasteiger partial charge >= 0.3 is 0 Å². The number of aromatic nitrogens is 5. The van der Waals surface area contributed by atoms with Crippen LogP contribution < -0.4 is 10.2 Å². The van der Waals surface area contributed by atoms with Crippen molar-refractivity contribution in [1.29, 1.82) is 0 Å². The van der Waals surface area contributed by atoms with Gasteiger partial charge in [0.05, 0.1) is 12.2 Å². The van der Waals surface area contributed by atoms with Gasteiger partial charge in [-0.05, 0) is 60.2 Å². The number of nitrogens with zero attached hydrogens (tertiary/aromatic N) is 6. The van der Waals surface area contributed by atoms with Crippen molar-refractivity contribution in [3.8, 4) is 11.3 Å². The standard InChI is InChI=1S/C31H29N7O/c1-37-21-28(35-36-37)23-11-13-26(14-12-23)31(39)38(27-8-4-17-33-20-27)30-29-24(6-2-7-25(29)15-18-34-30)10-9-22-5-3-16-32-19-22/h2-3,5-7,9-16,18-19,21,27,33H,4,8,17,20H2,1H3/b10-9+/t27-/m1/s1. The number of rotatable bonds is 6. The first-order valence-corrected chi connectivity index (χ1v) is 13.1. The van der Waals surface area contributed by atoms with Crippen LogP contribution >= 0.6 is 0 Å². The molecule has 6 rings (SSSR count). The Bertz CT molecular complexity index is 1620. The molecular formula is C31H29N7O. The highest BCUT2D eigenvalue weighted by Gasteiger charge is 2.30. The summed E-state index contributed by atoms with van der Waals surface area (Å²) in [6, 6.07) is 19.7. The summed E-state index contributed by atoms with van der Waals surface area (Å²) in [5, 5.41) is 13.7. The fourth-order valence-electron chi connectivity index (χ4n) is 5.11. The molecule has 0 saturated carbocycles. The Morgan fingerprint density at radius 1 is 1.05 bits per heavy atom. The Morgan fingerprint density at radius 2 is 1.95 bits per heavy atom. The molecular weight excluding hydrogens is 486 g/mol. The second kappa shape index (κ2) is 11.0. The van der Waals surface area contributed by atoms with E-state index in [0.717, 1.165) is 59.1 Å². The van der Waals surface area contributed by atoms with Gasteiger partial charge in [-0.1, -0.05) is 53.8 Å². The maximum Gasteiger partial charge on any atom is 0.259 e. The molecule has 0 unspecified atom stereocenters. The number of hydrogen-bond acceptors (Lipinski definition) is 6. The molecule has 0 radical (unpaired) electrons. The summed E-state index contributed by atoms with van der Waals surface area (Å²) < 4.78 is 1.67. The van der Waals surface area contributed by atoms with E-state index in [1.807, 2.05) is 78.9 Å². The Labute approximate surface area is 227 Å². The molecule has 5 aromatic rings. The van der Waals surface area contributed by atoms with Gasteiger partial charge in [0, 0.05) is 48.7 Å². The minimum atomic E-state index is -0.0690. The van der Waals surface area contributed by atoms with Crippen molar-refractivity contribution in [2.75, 3.05) is 18.0 Å². The number of benzene rings is 2. The largest absolute Gasteiger partial charge is 0.315 e. The Morgan fingerprint density at radius 3 is 2.69 bits per heavy atom. The van der Waals surface area contributed by atoms with Crippen molar-refractivity contribution in [2.45, 2.75) is 18.9 Å². The zero-order valence-corrected chi connectivity index (χ0v) is 21.7. The summed E-state index contributed by atoms with van der Waals surface area (Å²) in [4.78, 5) is 25.2. The molecule has 1 fully saturated rings. The molecule has 194 valence electrons. The Hall–Kier alpha value is -4.69. The number of piperidine rings is 1. The van der Waals surface area contributed by atoms with Gasteiger partial charge in [-0.3, -0.25) is 19.4 Å². The van der Waals surface area contributed by atoms with Gasteiger partial charge in [0.15, 0.2) is 0 Å². The first-order valence-electron chi connectivity index (χ1n) is 13.1. The minimum absolute atomic E-state index is 0.0145. The molecule has 2 aromatic carbocycles. The fraction of sp³-hybridized carbons (Fsp3) is 0.194. The predicted octanol–water partition coefficient (Wildman–Crippen LogP) is 4.99. The van der Waals surface area contributed by atoms with Crippen LogP contribution in [-0.2, 0) is 7.05 Å². The molecule has 1 aliphatic rings. The third-order valence-corrected chi connectivity index (χ3v) is 7.06. The Kier molecular flexibility index (Phi) is 6.93. The number of hydrogen-bond donors (Lipinski definition) is 1. The van der Waals surface area contributed by atoms with Crippen LogP contribution in [0.4, 0.5) is 5.82 Å². The highest BCUT2D eigenvalue weighted by Crippen LogP contribution is 2.33. The first kappa shape index (κ1) is 24.6. The van der Waals surface area contributed by atoms with Crippen LogP contribution in [0.1, 0.15) is 34.3 Å². The van der Waals surface area contributed by atoms with Gasteiger partial charge < -0.3 is 5.32 Å². The van der Waals surface area contributed by atoms with Gasteiger partial charge in [-0.25, -0.2) is 4.98 Å². The van der Waals surface area contributed by atoms with E-state index in [0.29, 0.717) is 11.4 Å². The maximum absolute atomic E-state index is 14.2. The number of aryl methyl sites for hydroxylation is 1. The zero-order chi connectivity index (χ0) is 26.6. The van der Waals surface area contributed by atoms with Crippen LogP contribution in [0.25, 0.3) is 34.2 Å². The number of carbonyl (C=O) groups is 1. The van der Waals surface area contributed by atoms with Gasteiger partial charge in [-0.15, -0.1) is 5.10 Å². The molecule has 0 spiro atoms. The third kappa shape index (κ3) is 5.19. The zero-order valence-electron chi connectivity index (χ0n) is 21.7. The van der Waals surface area contributed by atoms with Gasteiger partial charge in [0.25, 0.3) is 5.91 Å². The van der Waals surface area contributed by atoms with E-state index in [-0.39, 0.29) is 11.9 Å². The number of nitrogens with one attached hydrogen (secondary N) is 1. The minimum Gasteiger partial charge on any atom is -0.315 e. The van der Waals surface area contributed by atoms with Gasteiger partial charge in [0.1, 0.15) is 11.5 Å². The van der Waals surface area contributed by atoms with Crippen LogP contribution in [0.3, 0.4) is 0 Å². The summed E-state index contributed by atoms with van der Waals surface area (Å²) in [5.41, 5.74) is 4.30. The molecule has 8 nitrogen and oxygen atoms in total. The van der Waals surface area contributed by atoms with Gasteiger partial charge in [0.2, 0.25) is 0 Å². The topological polar surface area (TPSA) is 88.8 Å². The van der Waals surface area contributed by atoms with Crippen molar-refractivity contribution in [3.63, 3.8) is 0 Å². The smallest absolute Gasteiger partial charge is 0.259 e. The number of pyridine rings is 2. The van der Waals surface area contributed by atoms with Crippen molar-refractivity contribution >= 4 is 34.6 Å². The number of fused-ring (bicyclic) bond motifs is 1. The lowest BCUT2D eigenvalue weighted by Crippen LogP contribution is -2.49. The number of anilines is 1. The van der Waals surface area contributed by atoms with Crippen LogP contribution in [0, 0.1) is 0 Å². The molecule has 0 bridgehead atoms. The molecule has 1 atom stereocenters. The highest BCUT2D eigenvalue weighted by molar-refractivity contribution is 6.12.